The number of hydrogen-bond acceptors (Lipinski definition) is 7. The molecule has 0 radical (unpaired) electrons. The van der Waals surface area contributed by atoms with E-state index in [1.54, 1.807) is 7.11 Å². The first-order chi connectivity index (χ1) is 10.3. The summed E-state index contributed by atoms with van der Waals surface area (Å²) in [4.78, 5) is 8.93. The fourth-order valence-corrected chi connectivity index (χ4v) is 1.89. The monoisotopic (exact) mass is 296 g/mol. The lowest BCUT2D eigenvalue weighted by Crippen LogP contribution is -2.14. The van der Waals surface area contributed by atoms with Gasteiger partial charge in [-0.3, -0.25) is 0 Å². The average Bonchev–Trinajstić information content (AvgIpc) is 3.32. The molecule has 0 aromatic carbocycles. The molecule has 1 saturated carbocycles. The lowest BCUT2D eigenvalue weighted by Gasteiger charge is -2.12. The van der Waals surface area contributed by atoms with Gasteiger partial charge in [0.05, 0.1) is 25.4 Å². The third-order valence-corrected chi connectivity index (χ3v) is 3.30. The molecule has 7 nitrogen and oxygen atoms in total. The van der Waals surface area contributed by atoms with Gasteiger partial charge in [-0.05, 0) is 19.8 Å². The number of hydrazine groups is 1. The summed E-state index contributed by atoms with van der Waals surface area (Å²) in [5.41, 5.74) is 3.45. The summed E-state index contributed by atoms with van der Waals surface area (Å²) in [7, 11) is 1.66. The first kappa shape index (κ1) is 15.9. The molecule has 3 N–H and O–H groups in total. The Morgan fingerprint density at radius 1 is 1.19 bits per heavy atom. The minimum Gasteiger partial charge on any atom is -0.477 e. The normalized spacial score (nSPS) is 14.2. The van der Waals surface area contributed by atoms with Crippen LogP contribution in [0.4, 0.5) is 5.82 Å². The maximum absolute atomic E-state index is 5.75. The summed E-state index contributed by atoms with van der Waals surface area (Å²) >= 11 is 0. The van der Waals surface area contributed by atoms with Crippen LogP contribution in [-0.4, -0.2) is 43.5 Å². The number of rotatable bonds is 10. The third-order valence-electron chi connectivity index (χ3n) is 3.30. The number of anilines is 1. The number of hydrogen-bond donors (Lipinski definition) is 2. The van der Waals surface area contributed by atoms with Crippen LogP contribution in [0.15, 0.2) is 0 Å². The van der Waals surface area contributed by atoms with Crippen LogP contribution in [0.5, 0.6) is 5.88 Å². The van der Waals surface area contributed by atoms with Gasteiger partial charge in [-0.25, -0.2) is 10.8 Å². The molecular weight excluding hydrogens is 272 g/mol. The molecule has 1 aromatic heterocycles. The van der Waals surface area contributed by atoms with Crippen molar-refractivity contribution in [1.82, 2.24) is 9.97 Å². The van der Waals surface area contributed by atoms with E-state index >= 15 is 0 Å². The van der Waals surface area contributed by atoms with Gasteiger partial charge in [0.25, 0.3) is 0 Å². The molecule has 0 amide bonds. The van der Waals surface area contributed by atoms with E-state index < -0.39 is 0 Å². The van der Waals surface area contributed by atoms with Crippen molar-refractivity contribution >= 4 is 5.82 Å². The molecule has 0 saturated heterocycles. The van der Waals surface area contributed by atoms with Crippen LogP contribution >= 0.6 is 0 Å². The van der Waals surface area contributed by atoms with Gasteiger partial charge >= 0.3 is 0 Å². The average molecular weight is 296 g/mol. The molecule has 1 aromatic rings. The standard InChI is InChI=1S/C14H24N4O3/c1-10-12(18-15)16-13(11-4-5-11)17-14(10)21-7-3-6-20-9-8-19-2/h11H,3-9,15H2,1-2H3,(H,16,17,18). The predicted molar refractivity (Wildman–Crippen MR) is 79.4 cm³/mol. The second kappa shape index (κ2) is 8.11. The van der Waals surface area contributed by atoms with Gasteiger partial charge in [-0.2, -0.15) is 4.98 Å². The molecule has 21 heavy (non-hydrogen) atoms. The van der Waals surface area contributed by atoms with E-state index in [9.17, 15) is 0 Å². The Morgan fingerprint density at radius 2 is 2.00 bits per heavy atom. The molecule has 0 spiro atoms. The van der Waals surface area contributed by atoms with Gasteiger partial charge in [0, 0.05) is 26.1 Å². The SMILES string of the molecule is COCCOCCCOc1nc(C2CC2)nc(NN)c1C. The number of ether oxygens (including phenoxy) is 3. The van der Waals surface area contributed by atoms with Crippen molar-refractivity contribution in [3.05, 3.63) is 11.4 Å². The Morgan fingerprint density at radius 3 is 2.67 bits per heavy atom. The summed E-state index contributed by atoms with van der Waals surface area (Å²) in [5, 5.41) is 0. The molecule has 118 valence electrons. The van der Waals surface area contributed by atoms with Gasteiger partial charge in [-0.15, -0.1) is 0 Å². The van der Waals surface area contributed by atoms with Crippen LogP contribution in [0.2, 0.25) is 0 Å². The summed E-state index contributed by atoms with van der Waals surface area (Å²) < 4.78 is 16.0. The van der Waals surface area contributed by atoms with Crippen LogP contribution < -0.4 is 16.0 Å². The van der Waals surface area contributed by atoms with Gasteiger partial charge in [0.1, 0.15) is 11.6 Å². The van der Waals surface area contributed by atoms with Gasteiger partial charge in [0.15, 0.2) is 0 Å². The second-order valence-electron chi connectivity index (χ2n) is 5.09. The lowest BCUT2D eigenvalue weighted by atomic mass is 10.3. The Kier molecular flexibility index (Phi) is 6.16. The fourth-order valence-electron chi connectivity index (χ4n) is 1.89. The Labute approximate surface area is 125 Å². The maximum atomic E-state index is 5.75. The van der Waals surface area contributed by atoms with Crippen LogP contribution in [0, 0.1) is 6.92 Å². The predicted octanol–water partition coefficient (Wildman–Crippen LogP) is 1.38. The van der Waals surface area contributed by atoms with Gasteiger partial charge in [-0.1, -0.05) is 0 Å². The van der Waals surface area contributed by atoms with Crippen molar-refractivity contribution in [2.45, 2.75) is 32.1 Å². The highest BCUT2D eigenvalue weighted by molar-refractivity contribution is 5.48. The first-order valence-electron chi connectivity index (χ1n) is 7.31. The molecule has 1 aliphatic carbocycles. The largest absolute Gasteiger partial charge is 0.477 e. The third kappa shape index (κ3) is 4.80. The highest BCUT2D eigenvalue weighted by Crippen LogP contribution is 2.39. The van der Waals surface area contributed by atoms with E-state index in [1.165, 1.54) is 0 Å². The number of nitrogens with two attached hydrogens (primary N) is 1. The fraction of sp³-hybridized carbons (Fsp3) is 0.714. The Bertz CT molecular complexity index is 452. The van der Waals surface area contributed by atoms with E-state index in [0.29, 0.717) is 44.0 Å². The number of nitrogen functional groups attached to an aromatic ring is 1. The van der Waals surface area contributed by atoms with Crippen LogP contribution in [-0.2, 0) is 9.47 Å². The molecule has 2 rings (SSSR count). The zero-order chi connectivity index (χ0) is 15.1. The first-order valence-corrected chi connectivity index (χ1v) is 7.31. The van der Waals surface area contributed by atoms with Crippen molar-refractivity contribution in [3.63, 3.8) is 0 Å². The topological polar surface area (TPSA) is 91.5 Å². The number of nitrogens with one attached hydrogen (secondary N) is 1. The van der Waals surface area contributed by atoms with Gasteiger partial charge < -0.3 is 19.6 Å². The van der Waals surface area contributed by atoms with E-state index in [-0.39, 0.29) is 0 Å². The van der Waals surface area contributed by atoms with E-state index in [4.69, 9.17) is 20.1 Å². The number of aromatic nitrogens is 2. The van der Waals surface area contributed by atoms with Crippen LogP contribution in [0.1, 0.15) is 36.6 Å². The second-order valence-corrected chi connectivity index (χ2v) is 5.09. The van der Waals surface area contributed by atoms with Crippen molar-refractivity contribution < 1.29 is 14.2 Å². The maximum Gasteiger partial charge on any atom is 0.221 e. The molecule has 7 heteroatoms. The molecule has 1 fully saturated rings. The quantitative estimate of drug-likeness (QED) is 0.383. The van der Waals surface area contributed by atoms with E-state index in [0.717, 1.165) is 30.7 Å². The molecule has 0 bridgehead atoms. The van der Waals surface area contributed by atoms with Crippen molar-refractivity contribution in [2.75, 3.05) is 39.0 Å². The van der Waals surface area contributed by atoms with Gasteiger partial charge in [0.2, 0.25) is 5.88 Å². The number of methoxy groups -OCH3 is 1. The Hall–Kier alpha value is -1.44. The van der Waals surface area contributed by atoms with E-state index in [1.807, 2.05) is 6.92 Å². The molecule has 1 aliphatic rings. The van der Waals surface area contributed by atoms with Crippen molar-refractivity contribution in [1.29, 1.82) is 0 Å². The molecule has 0 atom stereocenters. The summed E-state index contributed by atoms with van der Waals surface area (Å²) in [6.45, 7) is 4.32. The lowest BCUT2D eigenvalue weighted by molar-refractivity contribution is 0.0641. The molecule has 0 unspecified atom stereocenters. The summed E-state index contributed by atoms with van der Waals surface area (Å²) in [6, 6.07) is 0. The minimum absolute atomic E-state index is 0.456. The van der Waals surface area contributed by atoms with Crippen molar-refractivity contribution in [2.24, 2.45) is 5.84 Å². The summed E-state index contributed by atoms with van der Waals surface area (Å²) in [5.74, 6) is 8.02. The molecule has 1 heterocycles. The Balaban J connectivity index is 1.82. The zero-order valence-electron chi connectivity index (χ0n) is 12.7. The highest BCUT2D eigenvalue weighted by Gasteiger charge is 2.28. The minimum atomic E-state index is 0.456. The van der Waals surface area contributed by atoms with Crippen LogP contribution in [0.25, 0.3) is 0 Å². The smallest absolute Gasteiger partial charge is 0.221 e. The number of nitrogens with zero attached hydrogens (tertiary/aromatic N) is 2. The highest BCUT2D eigenvalue weighted by atomic mass is 16.5. The van der Waals surface area contributed by atoms with E-state index in [2.05, 4.69) is 15.4 Å². The zero-order valence-corrected chi connectivity index (χ0v) is 12.7. The van der Waals surface area contributed by atoms with Crippen molar-refractivity contribution in [3.8, 4) is 5.88 Å². The van der Waals surface area contributed by atoms with Crippen LogP contribution in [0.3, 0.4) is 0 Å². The molecular formula is C14H24N4O3. The molecule has 0 aliphatic heterocycles. The summed E-state index contributed by atoms with van der Waals surface area (Å²) in [6.07, 6.45) is 3.08.